The van der Waals surface area contributed by atoms with Gasteiger partial charge in [-0.3, -0.25) is 4.79 Å². The highest BCUT2D eigenvalue weighted by atomic mass is 35.5. The summed E-state index contributed by atoms with van der Waals surface area (Å²) in [6, 6.07) is 4.35. The smallest absolute Gasteiger partial charge is 0.275 e. The maximum atomic E-state index is 11.9. The largest absolute Gasteiger partial charge is 0.507 e. The lowest BCUT2D eigenvalue weighted by molar-refractivity contribution is 0.0951. The van der Waals surface area contributed by atoms with Gasteiger partial charge in [-0.2, -0.15) is 5.10 Å². The summed E-state index contributed by atoms with van der Waals surface area (Å²) in [5.41, 5.74) is 3.65. The first-order chi connectivity index (χ1) is 9.08. The van der Waals surface area contributed by atoms with Crippen LogP contribution in [0.25, 0.3) is 0 Å². The van der Waals surface area contributed by atoms with Gasteiger partial charge in [-0.15, -0.1) is 0 Å². The highest BCUT2D eigenvalue weighted by Crippen LogP contribution is 2.22. The lowest BCUT2D eigenvalue weighted by Crippen LogP contribution is -2.24. The number of amides is 1. The molecule has 1 aliphatic rings. The molecule has 1 amide bonds. The van der Waals surface area contributed by atoms with Crippen molar-refractivity contribution in [2.75, 3.05) is 0 Å². The summed E-state index contributed by atoms with van der Waals surface area (Å²) in [7, 11) is 0. The minimum Gasteiger partial charge on any atom is -0.507 e. The van der Waals surface area contributed by atoms with E-state index in [9.17, 15) is 9.90 Å². The number of hydrogen-bond donors (Lipinski definition) is 2. The highest BCUT2D eigenvalue weighted by Gasteiger charge is 2.17. The van der Waals surface area contributed by atoms with Crippen LogP contribution in [-0.4, -0.2) is 16.7 Å². The SMILES string of the molecule is CC1CCCC/C1=N\NC(=O)c1cc(Cl)ccc1O. The first-order valence-electron chi connectivity index (χ1n) is 6.43. The Morgan fingerprint density at radius 1 is 1.47 bits per heavy atom. The number of nitrogens with zero attached hydrogens (tertiary/aromatic N) is 1. The average Bonchev–Trinajstić information content (AvgIpc) is 2.40. The van der Waals surface area contributed by atoms with Gasteiger partial charge in [0.15, 0.2) is 0 Å². The maximum Gasteiger partial charge on any atom is 0.275 e. The molecule has 5 heteroatoms. The molecule has 2 rings (SSSR count). The van der Waals surface area contributed by atoms with Crippen LogP contribution in [0.4, 0.5) is 0 Å². The average molecular weight is 281 g/mol. The fraction of sp³-hybridized carbons (Fsp3) is 0.429. The third kappa shape index (κ3) is 3.47. The first kappa shape index (κ1) is 13.9. The number of nitrogens with one attached hydrogen (secondary N) is 1. The second-order valence-electron chi connectivity index (χ2n) is 4.85. The molecule has 1 saturated carbocycles. The van der Waals surface area contributed by atoms with Gasteiger partial charge in [0.25, 0.3) is 5.91 Å². The summed E-state index contributed by atoms with van der Waals surface area (Å²) in [4.78, 5) is 11.9. The number of hydrazone groups is 1. The Morgan fingerprint density at radius 3 is 3.00 bits per heavy atom. The van der Waals surface area contributed by atoms with Crippen LogP contribution in [-0.2, 0) is 0 Å². The Balaban J connectivity index is 2.08. The summed E-state index contributed by atoms with van der Waals surface area (Å²) in [6.07, 6.45) is 4.35. The first-order valence-corrected chi connectivity index (χ1v) is 6.81. The molecule has 1 aliphatic carbocycles. The summed E-state index contributed by atoms with van der Waals surface area (Å²) in [6.45, 7) is 2.11. The second kappa shape index (κ2) is 6.06. The summed E-state index contributed by atoms with van der Waals surface area (Å²) >= 11 is 5.81. The zero-order valence-electron chi connectivity index (χ0n) is 10.8. The Kier molecular flexibility index (Phi) is 4.43. The molecule has 0 aromatic heterocycles. The fourth-order valence-corrected chi connectivity index (χ4v) is 2.38. The molecule has 1 aromatic carbocycles. The lowest BCUT2D eigenvalue weighted by atomic mass is 9.89. The molecule has 1 atom stereocenters. The molecule has 0 radical (unpaired) electrons. The van der Waals surface area contributed by atoms with Crippen molar-refractivity contribution in [2.24, 2.45) is 11.0 Å². The third-order valence-electron chi connectivity index (χ3n) is 3.39. The number of halogens is 1. The molecular weight excluding hydrogens is 264 g/mol. The van der Waals surface area contributed by atoms with E-state index in [-0.39, 0.29) is 11.3 Å². The van der Waals surface area contributed by atoms with Crippen LogP contribution < -0.4 is 5.43 Å². The van der Waals surface area contributed by atoms with Crippen molar-refractivity contribution in [1.29, 1.82) is 0 Å². The van der Waals surface area contributed by atoms with Gasteiger partial charge in [0.05, 0.1) is 5.56 Å². The van der Waals surface area contributed by atoms with Gasteiger partial charge in [-0.25, -0.2) is 5.43 Å². The normalized spacial score (nSPS) is 21.4. The molecule has 102 valence electrons. The molecule has 1 fully saturated rings. The van der Waals surface area contributed by atoms with Crippen LogP contribution in [0.1, 0.15) is 43.0 Å². The molecule has 0 spiro atoms. The molecule has 19 heavy (non-hydrogen) atoms. The number of rotatable bonds is 2. The highest BCUT2D eigenvalue weighted by molar-refractivity contribution is 6.31. The second-order valence-corrected chi connectivity index (χ2v) is 5.29. The van der Waals surface area contributed by atoms with E-state index in [1.54, 1.807) is 0 Å². The van der Waals surface area contributed by atoms with Crippen molar-refractivity contribution in [3.63, 3.8) is 0 Å². The number of phenolic OH excluding ortho intramolecular Hbond substituents is 1. The standard InChI is InChI=1S/C14H17ClN2O2/c1-9-4-2-3-5-12(9)16-17-14(19)11-8-10(15)6-7-13(11)18/h6-9,18H,2-5H2,1H3,(H,17,19)/b16-12+. The van der Waals surface area contributed by atoms with Crippen LogP contribution in [0.15, 0.2) is 23.3 Å². The molecule has 2 N–H and O–H groups in total. The van der Waals surface area contributed by atoms with E-state index in [2.05, 4.69) is 17.5 Å². The Bertz CT molecular complexity index is 514. The van der Waals surface area contributed by atoms with Crippen LogP contribution in [0.2, 0.25) is 5.02 Å². The van der Waals surface area contributed by atoms with Gasteiger partial charge in [0, 0.05) is 10.7 Å². The molecule has 0 aliphatic heterocycles. The number of carbonyl (C=O) groups excluding carboxylic acids is 1. The fourth-order valence-electron chi connectivity index (χ4n) is 2.21. The zero-order valence-corrected chi connectivity index (χ0v) is 11.6. The third-order valence-corrected chi connectivity index (χ3v) is 3.63. The van der Waals surface area contributed by atoms with Crippen molar-refractivity contribution in [3.8, 4) is 5.75 Å². The summed E-state index contributed by atoms with van der Waals surface area (Å²) in [5.74, 6) is -0.133. The zero-order chi connectivity index (χ0) is 13.8. The number of carbonyl (C=O) groups is 1. The Labute approximate surface area is 117 Å². The summed E-state index contributed by atoms with van der Waals surface area (Å²) < 4.78 is 0. The van der Waals surface area contributed by atoms with Gasteiger partial charge in [0.2, 0.25) is 0 Å². The van der Waals surface area contributed by atoms with Gasteiger partial charge in [-0.05, 0) is 43.4 Å². The topological polar surface area (TPSA) is 61.7 Å². The van der Waals surface area contributed by atoms with E-state index in [1.165, 1.54) is 24.6 Å². The number of aromatic hydroxyl groups is 1. The Morgan fingerprint density at radius 2 is 2.26 bits per heavy atom. The van der Waals surface area contributed by atoms with E-state index in [1.807, 2.05) is 0 Å². The quantitative estimate of drug-likeness (QED) is 0.816. The van der Waals surface area contributed by atoms with E-state index in [0.29, 0.717) is 10.9 Å². The van der Waals surface area contributed by atoms with Crippen molar-refractivity contribution < 1.29 is 9.90 Å². The molecule has 1 unspecified atom stereocenters. The van der Waals surface area contributed by atoms with Gasteiger partial charge in [0.1, 0.15) is 5.75 Å². The molecule has 4 nitrogen and oxygen atoms in total. The number of benzene rings is 1. The lowest BCUT2D eigenvalue weighted by Gasteiger charge is -2.19. The number of hydrogen-bond acceptors (Lipinski definition) is 3. The predicted molar refractivity (Wildman–Crippen MR) is 75.7 cm³/mol. The number of phenols is 1. The molecule has 0 bridgehead atoms. The van der Waals surface area contributed by atoms with Crippen molar-refractivity contribution in [1.82, 2.24) is 5.43 Å². The van der Waals surface area contributed by atoms with E-state index in [4.69, 9.17) is 11.6 Å². The molecule has 1 aromatic rings. The van der Waals surface area contributed by atoms with Crippen molar-refractivity contribution in [2.45, 2.75) is 32.6 Å². The van der Waals surface area contributed by atoms with E-state index < -0.39 is 5.91 Å². The Hall–Kier alpha value is -1.55. The van der Waals surface area contributed by atoms with Gasteiger partial charge >= 0.3 is 0 Å². The predicted octanol–water partition coefficient (Wildman–Crippen LogP) is 3.34. The molecular formula is C14H17ClN2O2. The molecule has 0 saturated heterocycles. The monoisotopic (exact) mass is 280 g/mol. The van der Waals surface area contributed by atoms with Crippen LogP contribution in [0.5, 0.6) is 5.75 Å². The van der Waals surface area contributed by atoms with Gasteiger partial charge < -0.3 is 5.11 Å². The van der Waals surface area contributed by atoms with Crippen molar-refractivity contribution in [3.05, 3.63) is 28.8 Å². The minimum absolute atomic E-state index is 0.0983. The van der Waals surface area contributed by atoms with E-state index in [0.717, 1.165) is 25.0 Å². The summed E-state index contributed by atoms with van der Waals surface area (Å²) in [5, 5.41) is 14.2. The van der Waals surface area contributed by atoms with Crippen molar-refractivity contribution >= 4 is 23.2 Å². The molecule has 0 heterocycles. The van der Waals surface area contributed by atoms with Crippen LogP contribution >= 0.6 is 11.6 Å². The van der Waals surface area contributed by atoms with Gasteiger partial charge in [-0.1, -0.05) is 24.9 Å². The maximum absolute atomic E-state index is 11.9. The van der Waals surface area contributed by atoms with Crippen LogP contribution in [0, 0.1) is 5.92 Å². The van der Waals surface area contributed by atoms with Crippen LogP contribution in [0.3, 0.4) is 0 Å². The van der Waals surface area contributed by atoms with E-state index >= 15 is 0 Å². The minimum atomic E-state index is -0.440.